The molecular weight excluding hydrogens is 789 g/mol. The van der Waals surface area contributed by atoms with E-state index in [9.17, 15) is 9.59 Å². The molecule has 0 rings (SSSR count). The maximum absolute atomic E-state index is 12.8. The summed E-state index contributed by atoms with van der Waals surface area (Å²) in [5.74, 6) is -0.437. The molecule has 0 spiro atoms. The van der Waals surface area contributed by atoms with Crippen LogP contribution in [0.15, 0.2) is 97.2 Å². The lowest BCUT2D eigenvalue weighted by Crippen LogP contribution is -2.30. The molecule has 0 N–H and O–H groups in total. The number of esters is 2. The van der Waals surface area contributed by atoms with Crippen molar-refractivity contribution in [1.82, 2.24) is 0 Å². The van der Waals surface area contributed by atoms with E-state index in [1.807, 2.05) is 0 Å². The van der Waals surface area contributed by atoms with Crippen LogP contribution in [0.1, 0.15) is 239 Å². The minimum atomic E-state index is -0.560. The molecule has 1 atom stereocenters. The largest absolute Gasteiger partial charge is 0.462 e. The fraction of sp³-hybridized carbons (Fsp3) is 0.695. The van der Waals surface area contributed by atoms with Crippen molar-refractivity contribution < 1.29 is 23.8 Å². The monoisotopic (exact) mass is 889 g/mol. The van der Waals surface area contributed by atoms with Crippen molar-refractivity contribution in [2.24, 2.45) is 0 Å². The number of carbonyl (C=O) groups excluding carboxylic acids is 2. The molecule has 0 radical (unpaired) electrons. The number of ether oxygens (including phenoxy) is 3. The summed E-state index contributed by atoms with van der Waals surface area (Å²) in [5, 5.41) is 0. The van der Waals surface area contributed by atoms with Gasteiger partial charge < -0.3 is 14.2 Å². The van der Waals surface area contributed by atoms with E-state index >= 15 is 0 Å². The van der Waals surface area contributed by atoms with Gasteiger partial charge in [-0.25, -0.2) is 0 Å². The minimum absolute atomic E-state index is 0.0630. The maximum atomic E-state index is 12.8. The molecule has 0 aromatic heterocycles. The highest BCUT2D eigenvalue weighted by atomic mass is 16.6. The van der Waals surface area contributed by atoms with Crippen LogP contribution in [0.5, 0.6) is 0 Å². The summed E-state index contributed by atoms with van der Waals surface area (Å²) >= 11 is 0. The standard InChI is InChI=1S/C59H100O5/c1-4-7-10-13-16-19-22-25-27-29-30-31-32-35-37-40-43-46-49-52-58(60)63-56-57(64-59(61)53-50-47-44-41-38-34-24-21-18-15-12-9-6-3)55-62-54-51-48-45-42-39-36-33-28-26-23-20-17-14-11-8-5-2/h7,10,12,15-17,19-21,24-28,30-31,57H,4-6,8-9,11,13-14,18,22-23,29,32-56H2,1-3H3/b10-7-,15-12-,19-16-,20-17-,24-21-,27-25-,28-26-,31-30-. The Labute approximate surface area is 396 Å². The van der Waals surface area contributed by atoms with Gasteiger partial charge in [-0.2, -0.15) is 0 Å². The van der Waals surface area contributed by atoms with Gasteiger partial charge >= 0.3 is 11.9 Å². The van der Waals surface area contributed by atoms with Gasteiger partial charge in [-0.1, -0.05) is 208 Å². The van der Waals surface area contributed by atoms with Crippen LogP contribution in [0, 0.1) is 0 Å². The Balaban J connectivity index is 4.33. The summed E-state index contributed by atoms with van der Waals surface area (Å²) in [6.45, 7) is 7.58. The Kier molecular flexibility index (Phi) is 51.5. The highest BCUT2D eigenvalue weighted by Crippen LogP contribution is 2.13. The van der Waals surface area contributed by atoms with Crippen molar-refractivity contribution in [2.75, 3.05) is 19.8 Å². The second-order valence-electron chi connectivity index (χ2n) is 17.4. The maximum Gasteiger partial charge on any atom is 0.306 e. The lowest BCUT2D eigenvalue weighted by atomic mass is 10.1. The van der Waals surface area contributed by atoms with Crippen LogP contribution in [0.4, 0.5) is 0 Å². The molecule has 0 aromatic carbocycles. The molecule has 0 bridgehead atoms. The molecule has 0 aliphatic rings. The first kappa shape index (κ1) is 60.8. The molecule has 5 heteroatoms. The molecule has 0 aliphatic carbocycles. The SMILES string of the molecule is CC/C=C\C/C=C\C/C=C\C/C=C\CCCCCCCCC(=O)OCC(COCCCCCCCC/C=C\C/C=C\CCCCC)OC(=O)CCCCCCC/C=C\C/C=C\CCC. The molecule has 1 unspecified atom stereocenters. The van der Waals surface area contributed by atoms with E-state index in [1.165, 1.54) is 96.3 Å². The summed E-state index contributed by atoms with van der Waals surface area (Å²) in [4.78, 5) is 25.4. The van der Waals surface area contributed by atoms with Crippen molar-refractivity contribution in [3.63, 3.8) is 0 Å². The first-order valence-corrected chi connectivity index (χ1v) is 26.8. The molecule has 0 saturated heterocycles. The first-order valence-electron chi connectivity index (χ1n) is 26.8. The Morgan fingerprint density at radius 2 is 0.734 bits per heavy atom. The normalized spacial score (nSPS) is 13.0. The van der Waals surface area contributed by atoms with Crippen LogP contribution < -0.4 is 0 Å². The van der Waals surface area contributed by atoms with E-state index in [2.05, 4.69) is 118 Å². The first-order chi connectivity index (χ1) is 31.6. The predicted molar refractivity (Wildman–Crippen MR) is 279 cm³/mol. The van der Waals surface area contributed by atoms with E-state index in [-0.39, 0.29) is 25.2 Å². The van der Waals surface area contributed by atoms with Crippen molar-refractivity contribution in [1.29, 1.82) is 0 Å². The number of hydrogen-bond donors (Lipinski definition) is 0. The fourth-order valence-electron chi connectivity index (χ4n) is 7.10. The minimum Gasteiger partial charge on any atom is -0.462 e. The third kappa shape index (κ3) is 51.5. The smallest absolute Gasteiger partial charge is 0.306 e. The van der Waals surface area contributed by atoms with Crippen LogP contribution in [0.2, 0.25) is 0 Å². The second-order valence-corrected chi connectivity index (χ2v) is 17.4. The number of carbonyl (C=O) groups is 2. The summed E-state index contributed by atoms with van der Waals surface area (Å²) < 4.78 is 17.4. The summed E-state index contributed by atoms with van der Waals surface area (Å²) in [6.07, 6.45) is 72.7. The van der Waals surface area contributed by atoms with E-state index < -0.39 is 6.10 Å². The zero-order chi connectivity index (χ0) is 46.3. The Morgan fingerprint density at radius 1 is 0.359 bits per heavy atom. The third-order valence-corrected chi connectivity index (χ3v) is 11.1. The third-order valence-electron chi connectivity index (χ3n) is 11.1. The number of allylic oxidation sites excluding steroid dienone is 16. The van der Waals surface area contributed by atoms with Crippen molar-refractivity contribution in [3.05, 3.63) is 97.2 Å². The molecule has 0 fully saturated rings. The van der Waals surface area contributed by atoms with E-state index in [4.69, 9.17) is 14.2 Å². The molecule has 0 aromatic rings. The van der Waals surface area contributed by atoms with Crippen LogP contribution in [-0.2, 0) is 23.8 Å². The van der Waals surface area contributed by atoms with Crippen LogP contribution in [0.25, 0.3) is 0 Å². The van der Waals surface area contributed by atoms with Crippen molar-refractivity contribution in [3.8, 4) is 0 Å². The average Bonchev–Trinajstić information content (AvgIpc) is 3.30. The van der Waals surface area contributed by atoms with Gasteiger partial charge in [-0.3, -0.25) is 9.59 Å². The zero-order valence-corrected chi connectivity index (χ0v) is 42.0. The molecule has 5 nitrogen and oxygen atoms in total. The highest BCUT2D eigenvalue weighted by molar-refractivity contribution is 5.70. The molecule has 0 saturated carbocycles. The quantitative estimate of drug-likeness (QED) is 0.0346. The van der Waals surface area contributed by atoms with Gasteiger partial charge in [0.1, 0.15) is 6.61 Å². The highest BCUT2D eigenvalue weighted by Gasteiger charge is 2.17. The second kappa shape index (κ2) is 54.2. The molecule has 0 amide bonds. The van der Waals surface area contributed by atoms with Gasteiger partial charge in [0.2, 0.25) is 0 Å². The van der Waals surface area contributed by atoms with Gasteiger partial charge in [0.05, 0.1) is 6.61 Å². The summed E-state index contributed by atoms with van der Waals surface area (Å²) in [7, 11) is 0. The summed E-state index contributed by atoms with van der Waals surface area (Å²) in [5.41, 5.74) is 0. The molecule has 0 aliphatic heterocycles. The van der Waals surface area contributed by atoms with Gasteiger partial charge in [0.15, 0.2) is 6.10 Å². The number of rotatable bonds is 48. The van der Waals surface area contributed by atoms with E-state index in [0.29, 0.717) is 19.4 Å². The molecule has 366 valence electrons. The number of unbranched alkanes of at least 4 members (excludes halogenated alkanes) is 21. The van der Waals surface area contributed by atoms with Crippen LogP contribution in [-0.4, -0.2) is 37.9 Å². The molecule has 64 heavy (non-hydrogen) atoms. The van der Waals surface area contributed by atoms with Gasteiger partial charge in [-0.05, 0) is 116 Å². The van der Waals surface area contributed by atoms with E-state index in [1.54, 1.807) is 0 Å². The zero-order valence-electron chi connectivity index (χ0n) is 42.0. The van der Waals surface area contributed by atoms with Crippen LogP contribution >= 0.6 is 0 Å². The van der Waals surface area contributed by atoms with Gasteiger partial charge in [0, 0.05) is 19.4 Å². The fourth-order valence-corrected chi connectivity index (χ4v) is 7.10. The Morgan fingerprint density at radius 3 is 1.19 bits per heavy atom. The number of hydrogen-bond acceptors (Lipinski definition) is 5. The Hall–Kier alpha value is -3.18. The molecule has 0 heterocycles. The van der Waals surface area contributed by atoms with E-state index in [0.717, 1.165) is 109 Å². The Bertz CT molecular complexity index is 1230. The lowest BCUT2D eigenvalue weighted by molar-refractivity contribution is -0.163. The lowest BCUT2D eigenvalue weighted by Gasteiger charge is -2.18. The van der Waals surface area contributed by atoms with Crippen LogP contribution in [0.3, 0.4) is 0 Å². The molecular formula is C59H100O5. The van der Waals surface area contributed by atoms with Gasteiger partial charge in [0.25, 0.3) is 0 Å². The van der Waals surface area contributed by atoms with Gasteiger partial charge in [-0.15, -0.1) is 0 Å². The van der Waals surface area contributed by atoms with Crippen molar-refractivity contribution >= 4 is 11.9 Å². The topological polar surface area (TPSA) is 61.8 Å². The predicted octanol–water partition coefficient (Wildman–Crippen LogP) is 18.2. The summed E-state index contributed by atoms with van der Waals surface area (Å²) in [6, 6.07) is 0. The van der Waals surface area contributed by atoms with Crippen molar-refractivity contribution in [2.45, 2.75) is 245 Å². The average molecular weight is 889 g/mol.